The molecule has 108 valence electrons. The van der Waals surface area contributed by atoms with Gasteiger partial charge in [0.1, 0.15) is 5.92 Å². The van der Waals surface area contributed by atoms with Crippen LogP contribution in [0.5, 0.6) is 0 Å². The maximum atomic E-state index is 12.5. The second-order valence-corrected chi connectivity index (χ2v) is 5.25. The van der Waals surface area contributed by atoms with Gasteiger partial charge in [-0.2, -0.15) is 10.5 Å². The topological polar surface area (TPSA) is 64.7 Å². The van der Waals surface area contributed by atoms with E-state index in [0.29, 0.717) is 5.56 Å². The summed E-state index contributed by atoms with van der Waals surface area (Å²) in [5, 5.41) is 18.4. The molecule has 0 aliphatic rings. The number of nitrogens with zero attached hydrogens (tertiary/aromatic N) is 2. The highest BCUT2D eigenvalue weighted by Crippen LogP contribution is 2.29. The van der Waals surface area contributed by atoms with E-state index in [9.17, 15) is 15.3 Å². The largest absolute Gasteiger partial charge is 0.294 e. The molecule has 2 rings (SSSR count). The zero-order chi connectivity index (χ0) is 15.9. The van der Waals surface area contributed by atoms with Gasteiger partial charge in [0.05, 0.1) is 12.1 Å². The van der Waals surface area contributed by atoms with Crippen molar-refractivity contribution < 1.29 is 4.79 Å². The minimum absolute atomic E-state index is 0.0515. The van der Waals surface area contributed by atoms with Gasteiger partial charge in [-0.3, -0.25) is 4.79 Å². The standard InChI is InChI=1S/C19H16N2O/c1-14-7-9-16(10-8-14)19(22)11-18(17(12-20)13-21)15-5-3-2-4-6-15/h2-10,17-18H,11H2,1H3/t18-/m1/s1. The minimum Gasteiger partial charge on any atom is -0.294 e. The number of carbonyl (C=O) groups excluding carboxylic acids is 1. The van der Waals surface area contributed by atoms with Crippen LogP contribution in [0.2, 0.25) is 0 Å². The Morgan fingerprint density at radius 2 is 1.59 bits per heavy atom. The first-order valence-corrected chi connectivity index (χ1v) is 7.09. The lowest BCUT2D eigenvalue weighted by Gasteiger charge is -2.17. The SMILES string of the molecule is Cc1ccc(C(=O)C[C@H](c2ccccc2)C(C#N)C#N)cc1. The lowest BCUT2D eigenvalue weighted by atomic mass is 9.83. The van der Waals surface area contributed by atoms with E-state index >= 15 is 0 Å². The Balaban J connectivity index is 2.27. The fourth-order valence-electron chi connectivity index (χ4n) is 2.39. The summed E-state index contributed by atoms with van der Waals surface area (Å²) in [4.78, 5) is 12.5. The van der Waals surface area contributed by atoms with E-state index in [-0.39, 0.29) is 12.2 Å². The van der Waals surface area contributed by atoms with Crippen molar-refractivity contribution in [3.63, 3.8) is 0 Å². The van der Waals surface area contributed by atoms with Crippen LogP contribution in [0.1, 0.15) is 33.8 Å². The van der Waals surface area contributed by atoms with Crippen molar-refractivity contribution in [1.82, 2.24) is 0 Å². The van der Waals surface area contributed by atoms with Crippen molar-refractivity contribution in [2.45, 2.75) is 19.3 Å². The number of ketones is 1. The second-order valence-electron chi connectivity index (χ2n) is 5.25. The van der Waals surface area contributed by atoms with Gasteiger partial charge < -0.3 is 0 Å². The molecule has 0 N–H and O–H groups in total. The molecule has 1 atom stereocenters. The predicted molar refractivity (Wildman–Crippen MR) is 84.0 cm³/mol. The molecule has 0 unspecified atom stereocenters. The third kappa shape index (κ3) is 3.59. The van der Waals surface area contributed by atoms with Gasteiger partial charge in [0.25, 0.3) is 0 Å². The van der Waals surface area contributed by atoms with Crippen molar-refractivity contribution >= 4 is 5.78 Å². The summed E-state index contributed by atoms with van der Waals surface area (Å²) in [6.45, 7) is 1.96. The Kier molecular flexibility index (Phi) is 5.07. The fraction of sp³-hybridized carbons (Fsp3) is 0.211. The maximum absolute atomic E-state index is 12.5. The van der Waals surface area contributed by atoms with Crippen molar-refractivity contribution in [2.75, 3.05) is 0 Å². The molecule has 0 heterocycles. The summed E-state index contributed by atoms with van der Waals surface area (Å²) in [7, 11) is 0. The third-order valence-electron chi connectivity index (χ3n) is 3.69. The molecule has 0 saturated heterocycles. The van der Waals surface area contributed by atoms with Crippen molar-refractivity contribution in [1.29, 1.82) is 10.5 Å². The molecule has 0 aliphatic carbocycles. The number of aryl methyl sites for hydroxylation is 1. The molecule has 3 nitrogen and oxygen atoms in total. The zero-order valence-electron chi connectivity index (χ0n) is 12.4. The number of benzene rings is 2. The molecule has 0 fully saturated rings. The molecule has 0 aliphatic heterocycles. The summed E-state index contributed by atoms with van der Waals surface area (Å²) in [5.74, 6) is -1.30. The quantitative estimate of drug-likeness (QED) is 0.781. The summed E-state index contributed by atoms with van der Waals surface area (Å²) in [6.07, 6.45) is 0.152. The number of nitriles is 2. The van der Waals surface area contributed by atoms with E-state index < -0.39 is 11.8 Å². The van der Waals surface area contributed by atoms with Gasteiger partial charge in [-0.25, -0.2) is 0 Å². The Morgan fingerprint density at radius 3 is 2.14 bits per heavy atom. The normalized spacial score (nSPS) is 11.5. The highest BCUT2D eigenvalue weighted by Gasteiger charge is 2.26. The molecule has 0 amide bonds. The Bertz CT molecular complexity index is 707. The van der Waals surface area contributed by atoms with Crippen LogP contribution in [0.15, 0.2) is 54.6 Å². The van der Waals surface area contributed by atoms with Crippen LogP contribution < -0.4 is 0 Å². The van der Waals surface area contributed by atoms with Crippen LogP contribution in [-0.4, -0.2) is 5.78 Å². The lowest BCUT2D eigenvalue weighted by Crippen LogP contribution is -2.15. The number of hydrogen-bond acceptors (Lipinski definition) is 3. The number of rotatable bonds is 5. The summed E-state index contributed by atoms with van der Waals surface area (Å²) >= 11 is 0. The fourth-order valence-corrected chi connectivity index (χ4v) is 2.39. The van der Waals surface area contributed by atoms with Crippen molar-refractivity contribution in [2.24, 2.45) is 5.92 Å². The first-order chi connectivity index (χ1) is 10.7. The first kappa shape index (κ1) is 15.5. The average Bonchev–Trinajstić information content (AvgIpc) is 2.56. The smallest absolute Gasteiger partial charge is 0.163 e. The first-order valence-electron chi connectivity index (χ1n) is 7.09. The molecule has 0 saturated carbocycles. The van der Waals surface area contributed by atoms with E-state index in [1.807, 2.05) is 61.5 Å². The monoisotopic (exact) mass is 288 g/mol. The second kappa shape index (κ2) is 7.20. The Labute approximate surface area is 130 Å². The summed E-state index contributed by atoms with van der Waals surface area (Å²) in [5.41, 5.74) is 2.54. The van der Waals surface area contributed by atoms with Gasteiger partial charge in [-0.1, -0.05) is 60.2 Å². The van der Waals surface area contributed by atoms with Crippen LogP contribution in [0.4, 0.5) is 0 Å². The molecule has 3 heteroatoms. The molecule has 2 aromatic carbocycles. The van der Waals surface area contributed by atoms with Gasteiger partial charge in [0, 0.05) is 17.9 Å². The van der Waals surface area contributed by atoms with Gasteiger partial charge >= 0.3 is 0 Å². The van der Waals surface area contributed by atoms with Gasteiger partial charge in [-0.05, 0) is 12.5 Å². The minimum atomic E-state index is -0.836. The van der Waals surface area contributed by atoms with Gasteiger partial charge in [0.2, 0.25) is 0 Å². The molecule has 2 aromatic rings. The van der Waals surface area contributed by atoms with E-state index in [1.54, 1.807) is 12.1 Å². The lowest BCUT2D eigenvalue weighted by molar-refractivity contribution is 0.0971. The molecular weight excluding hydrogens is 272 g/mol. The average molecular weight is 288 g/mol. The summed E-state index contributed by atoms with van der Waals surface area (Å²) in [6, 6.07) is 20.6. The van der Waals surface area contributed by atoms with Crippen LogP contribution in [0.3, 0.4) is 0 Å². The zero-order valence-corrected chi connectivity index (χ0v) is 12.4. The highest BCUT2D eigenvalue weighted by atomic mass is 16.1. The summed E-state index contributed by atoms with van der Waals surface area (Å²) < 4.78 is 0. The number of carbonyl (C=O) groups is 1. The predicted octanol–water partition coefficient (Wildman–Crippen LogP) is 4.01. The van der Waals surface area contributed by atoms with E-state index in [0.717, 1.165) is 11.1 Å². The molecule has 0 aromatic heterocycles. The van der Waals surface area contributed by atoms with Crippen LogP contribution >= 0.6 is 0 Å². The number of hydrogen-bond donors (Lipinski definition) is 0. The van der Waals surface area contributed by atoms with E-state index in [4.69, 9.17) is 0 Å². The van der Waals surface area contributed by atoms with E-state index in [2.05, 4.69) is 0 Å². The third-order valence-corrected chi connectivity index (χ3v) is 3.69. The maximum Gasteiger partial charge on any atom is 0.163 e. The van der Waals surface area contributed by atoms with Gasteiger partial charge in [-0.15, -0.1) is 0 Å². The highest BCUT2D eigenvalue weighted by molar-refractivity contribution is 5.96. The van der Waals surface area contributed by atoms with Crippen LogP contribution in [0, 0.1) is 35.5 Å². The van der Waals surface area contributed by atoms with Crippen molar-refractivity contribution in [3.8, 4) is 12.1 Å². The Morgan fingerprint density at radius 1 is 1.00 bits per heavy atom. The Hall–Kier alpha value is -2.91. The molecule has 0 radical (unpaired) electrons. The van der Waals surface area contributed by atoms with Crippen LogP contribution in [0.25, 0.3) is 0 Å². The molecular formula is C19H16N2O. The van der Waals surface area contributed by atoms with Crippen LogP contribution in [-0.2, 0) is 0 Å². The van der Waals surface area contributed by atoms with Crippen molar-refractivity contribution in [3.05, 3.63) is 71.3 Å². The van der Waals surface area contributed by atoms with Gasteiger partial charge in [0.15, 0.2) is 5.78 Å². The van der Waals surface area contributed by atoms with E-state index in [1.165, 1.54) is 0 Å². The molecule has 0 bridgehead atoms. The molecule has 0 spiro atoms. The number of Topliss-reactive ketones (excluding diaryl/α,β-unsaturated/α-hetero) is 1. The molecule has 22 heavy (non-hydrogen) atoms.